The van der Waals surface area contributed by atoms with Crippen molar-refractivity contribution < 1.29 is 13.9 Å². The number of carbonyl (C=O) groups is 1. The molecule has 0 amide bonds. The molecule has 1 heterocycles. The van der Waals surface area contributed by atoms with E-state index >= 15 is 0 Å². The van der Waals surface area contributed by atoms with E-state index < -0.39 is 5.41 Å². The van der Waals surface area contributed by atoms with E-state index in [4.69, 9.17) is 9.15 Å². The fourth-order valence-electron chi connectivity index (χ4n) is 2.03. The molecule has 0 bridgehead atoms. The number of benzene rings is 1. The van der Waals surface area contributed by atoms with E-state index in [2.05, 4.69) is 5.32 Å². The summed E-state index contributed by atoms with van der Waals surface area (Å²) in [5, 5.41) is 4.38. The number of esters is 1. The van der Waals surface area contributed by atoms with Crippen LogP contribution in [0.1, 0.15) is 19.4 Å². The van der Waals surface area contributed by atoms with Crippen LogP contribution in [0.4, 0.5) is 0 Å². The minimum atomic E-state index is -0.533. The Labute approximate surface area is 112 Å². The van der Waals surface area contributed by atoms with Gasteiger partial charge in [-0.25, -0.2) is 0 Å². The van der Waals surface area contributed by atoms with Gasteiger partial charge in [-0.15, -0.1) is 0 Å². The third-order valence-electron chi connectivity index (χ3n) is 3.18. The van der Waals surface area contributed by atoms with Gasteiger partial charge in [-0.3, -0.25) is 4.79 Å². The van der Waals surface area contributed by atoms with Crippen molar-refractivity contribution >= 4 is 16.9 Å². The Morgan fingerprint density at radius 3 is 2.84 bits per heavy atom. The molecule has 0 fully saturated rings. The monoisotopic (exact) mass is 261 g/mol. The number of hydrogen-bond donors (Lipinski definition) is 1. The average molecular weight is 261 g/mol. The molecule has 0 unspecified atom stereocenters. The second-order valence-corrected chi connectivity index (χ2v) is 5.24. The van der Waals surface area contributed by atoms with Gasteiger partial charge in [-0.2, -0.15) is 0 Å². The van der Waals surface area contributed by atoms with Crippen molar-refractivity contribution in [3.05, 3.63) is 36.1 Å². The molecule has 0 saturated carbocycles. The molecule has 1 aromatic carbocycles. The molecule has 2 rings (SSSR count). The lowest BCUT2D eigenvalue weighted by Crippen LogP contribution is -2.36. The van der Waals surface area contributed by atoms with Crippen LogP contribution >= 0.6 is 0 Å². The summed E-state index contributed by atoms with van der Waals surface area (Å²) in [6, 6.07) is 7.90. The predicted octanol–water partition coefficient (Wildman–Crippen LogP) is 2.72. The van der Waals surface area contributed by atoms with Crippen molar-refractivity contribution in [2.24, 2.45) is 5.41 Å². The Kier molecular flexibility index (Phi) is 3.90. The van der Waals surface area contributed by atoms with Crippen LogP contribution < -0.4 is 5.32 Å². The maximum Gasteiger partial charge on any atom is 0.312 e. The van der Waals surface area contributed by atoms with E-state index in [1.165, 1.54) is 7.11 Å². The minimum Gasteiger partial charge on any atom is -0.469 e. The van der Waals surface area contributed by atoms with Gasteiger partial charge in [0.2, 0.25) is 0 Å². The molecule has 4 heteroatoms. The molecule has 0 radical (unpaired) electrons. The van der Waals surface area contributed by atoms with E-state index in [1.54, 1.807) is 6.26 Å². The van der Waals surface area contributed by atoms with Crippen LogP contribution in [0.5, 0.6) is 0 Å². The Bertz CT molecular complexity index is 572. The normalized spacial score (nSPS) is 11.7. The first-order valence-electron chi connectivity index (χ1n) is 6.29. The van der Waals surface area contributed by atoms with Crippen LogP contribution in [0.2, 0.25) is 0 Å². The lowest BCUT2D eigenvalue weighted by atomic mass is 9.93. The molecule has 0 spiro atoms. The molecule has 0 aliphatic carbocycles. The van der Waals surface area contributed by atoms with E-state index in [9.17, 15) is 4.79 Å². The van der Waals surface area contributed by atoms with Crippen molar-refractivity contribution in [1.29, 1.82) is 0 Å². The third kappa shape index (κ3) is 2.96. The molecular formula is C15H19NO3. The number of ether oxygens (including phenoxy) is 1. The highest BCUT2D eigenvalue weighted by Gasteiger charge is 2.28. The lowest BCUT2D eigenvalue weighted by Gasteiger charge is -2.21. The van der Waals surface area contributed by atoms with Crippen LogP contribution in [0.15, 0.2) is 34.9 Å². The SMILES string of the molecule is COC(=O)C(C)(C)CNCc1coc2ccccc12. The van der Waals surface area contributed by atoms with E-state index in [-0.39, 0.29) is 5.97 Å². The molecule has 19 heavy (non-hydrogen) atoms. The van der Waals surface area contributed by atoms with Crippen molar-refractivity contribution in [2.75, 3.05) is 13.7 Å². The van der Waals surface area contributed by atoms with Gasteiger partial charge in [0.1, 0.15) is 5.58 Å². The molecule has 4 nitrogen and oxygen atoms in total. The topological polar surface area (TPSA) is 51.5 Å². The fourth-order valence-corrected chi connectivity index (χ4v) is 2.03. The van der Waals surface area contributed by atoms with Crippen molar-refractivity contribution in [3.63, 3.8) is 0 Å². The second-order valence-electron chi connectivity index (χ2n) is 5.24. The van der Waals surface area contributed by atoms with E-state index in [1.807, 2.05) is 38.1 Å². The summed E-state index contributed by atoms with van der Waals surface area (Å²) in [5.41, 5.74) is 1.44. The zero-order valence-corrected chi connectivity index (χ0v) is 11.5. The Morgan fingerprint density at radius 1 is 1.37 bits per heavy atom. The predicted molar refractivity (Wildman–Crippen MR) is 73.7 cm³/mol. The summed E-state index contributed by atoms with van der Waals surface area (Å²) in [5.74, 6) is -0.211. The molecule has 0 saturated heterocycles. The van der Waals surface area contributed by atoms with Gasteiger partial charge in [0, 0.05) is 24.0 Å². The van der Waals surface area contributed by atoms with E-state index in [0.29, 0.717) is 13.1 Å². The lowest BCUT2D eigenvalue weighted by molar-refractivity contribution is -0.150. The molecule has 0 aliphatic rings. The quantitative estimate of drug-likeness (QED) is 0.841. The van der Waals surface area contributed by atoms with Crippen LogP contribution in [0.25, 0.3) is 11.0 Å². The molecule has 0 atom stereocenters. The number of furan rings is 1. The molecule has 1 N–H and O–H groups in total. The Hall–Kier alpha value is -1.81. The third-order valence-corrected chi connectivity index (χ3v) is 3.18. The van der Waals surface area contributed by atoms with Gasteiger partial charge in [0.05, 0.1) is 18.8 Å². The van der Waals surface area contributed by atoms with Crippen LogP contribution in [0, 0.1) is 5.41 Å². The smallest absolute Gasteiger partial charge is 0.312 e. The minimum absolute atomic E-state index is 0.211. The highest BCUT2D eigenvalue weighted by Crippen LogP contribution is 2.21. The summed E-state index contributed by atoms with van der Waals surface area (Å²) in [6.07, 6.45) is 1.75. The number of hydrogen-bond acceptors (Lipinski definition) is 4. The van der Waals surface area contributed by atoms with Crippen LogP contribution in [-0.2, 0) is 16.1 Å². The molecule has 2 aromatic rings. The van der Waals surface area contributed by atoms with Gasteiger partial charge >= 0.3 is 5.97 Å². The number of rotatable bonds is 5. The standard InChI is InChI=1S/C15H19NO3/c1-15(2,14(17)18-3)10-16-8-11-9-19-13-7-5-4-6-12(11)13/h4-7,9,16H,8,10H2,1-3H3. The zero-order valence-electron chi connectivity index (χ0n) is 11.5. The van der Waals surface area contributed by atoms with E-state index in [0.717, 1.165) is 16.5 Å². The van der Waals surface area contributed by atoms with Gasteiger partial charge in [-0.05, 0) is 19.9 Å². The number of carbonyl (C=O) groups excluding carboxylic acids is 1. The van der Waals surface area contributed by atoms with Gasteiger partial charge in [0.25, 0.3) is 0 Å². The first-order valence-corrected chi connectivity index (χ1v) is 6.29. The molecular weight excluding hydrogens is 242 g/mol. The number of para-hydroxylation sites is 1. The summed E-state index contributed by atoms with van der Waals surface area (Å²) in [7, 11) is 1.41. The average Bonchev–Trinajstić information content (AvgIpc) is 2.81. The molecule has 102 valence electrons. The van der Waals surface area contributed by atoms with Gasteiger partial charge < -0.3 is 14.5 Å². The van der Waals surface area contributed by atoms with Crippen molar-refractivity contribution in [1.82, 2.24) is 5.32 Å². The Morgan fingerprint density at radius 2 is 2.11 bits per heavy atom. The largest absolute Gasteiger partial charge is 0.469 e. The fraction of sp³-hybridized carbons (Fsp3) is 0.400. The summed E-state index contributed by atoms with van der Waals surface area (Å²) >= 11 is 0. The Balaban J connectivity index is 1.98. The van der Waals surface area contributed by atoms with Crippen LogP contribution in [0.3, 0.4) is 0 Å². The second kappa shape index (κ2) is 5.45. The number of fused-ring (bicyclic) bond motifs is 1. The number of methoxy groups -OCH3 is 1. The zero-order chi connectivity index (χ0) is 13.9. The van der Waals surface area contributed by atoms with Crippen molar-refractivity contribution in [2.45, 2.75) is 20.4 Å². The molecule has 1 aromatic heterocycles. The highest BCUT2D eigenvalue weighted by atomic mass is 16.5. The van der Waals surface area contributed by atoms with Crippen LogP contribution in [-0.4, -0.2) is 19.6 Å². The van der Waals surface area contributed by atoms with Gasteiger partial charge in [-0.1, -0.05) is 18.2 Å². The first kappa shape index (κ1) is 13.6. The maximum atomic E-state index is 11.6. The summed E-state index contributed by atoms with van der Waals surface area (Å²) in [6.45, 7) is 4.94. The van der Waals surface area contributed by atoms with Gasteiger partial charge in [0.15, 0.2) is 0 Å². The highest BCUT2D eigenvalue weighted by molar-refractivity contribution is 5.80. The number of nitrogens with one attached hydrogen (secondary N) is 1. The molecule has 0 aliphatic heterocycles. The maximum absolute atomic E-state index is 11.6. The summed E-state index contributed by atoms with van der Waals surface area (Å²) < 4.78 is 10.2. The summed E-state index contributed by atoms with van der Waals surface area (Å²) in [4.78, 5) is 11.6. The first-order chi connectivity index (χ1) is 9.04. The van der Waals surface area contributed by atoms with Crippen molar-refractivity contribution in [3.8, 4) is 0 Å².